The SMILES string of the molecule is COc1cc2c(cc1[C@@H]1Nc3ccccc3C(=O)N1C)O[C@@H](C)C2. The number of carbonyl (C=O) groups excluding carboxylic acids is 1. The van der Waals surface area contributed by atoms with Gasteiger partial charge in [0.05, 0.1) is 12.7 Å². The molecule has 2 atom stereocenters. The van der Waals surface area contributed by atoms with Gasteiger partial charge in [-0.15, -0.1) is 0 Å². The standard InChI is InChI=1S/C19H20N2O3/c1-11-8-12-9-17(23-3)14(10-16(12)24-11)18-20-15-7-5-4-6-13(15)19(22)21(18)2/h4-7,9-11,18,20H,8H2,1-3H3/t11-,18+/m0/s1. The van der Waals surface area contributed by atoms with Crippen LogP contribution in [0.3, 0.4) is 0 Å². The Balaban J connectivity index is 1.79. The highest BCUT2D eigenvalue weighted by Crippen LogP contribution is 2.41. The van der Waals surface area contributed by atoms with E-state index in [9.17, 15) is 4.79 Å². The molecule has 0 spiro atoms. The molecule has 0 aromatic heterocycles. The third-order valence-electron chi connectivity index (χ3n) is 4.70. The van der Waals surface area contributed by atoms with Gasteiger partial charge >= 0.3 is 0 Å². The van der Waals surface area contributed by atoms with Gasteiger partial charge in [-0.1, -0.05) is 12.1 Å². The highest BCUT2D eigenvalue weighted by Gasteiger charge is 2.33. The first-order chi connectivity index (χ1) is 11.6. The van der Waals surface area contributed by atoms with Gasteiger partial charge < -0.3 is 19.7 Å². The molecule has 5 heteroatoms. The van der Waals surface area contributed by atoms with Crippen LogP contribution < -0.4 is 14.8 Å². The van der Waals surface area contributed by atoms with Crippen LogP contribution in [0.25, 0.3) is 0 Å². The lowest BCUT2D eigenvalue weighted by Crippen LogP contribution is -2.40. The van der Waals surface area contributed by atoms with Crippen LogP contribution in [0.5, 0.6) is 11.5 Å². The van der Waals surface area contributed by atoms with E-state index in [1.807, 2.05) is 36.4 Å². The normalized spacial score (nSPS) is 21.6. The minimum Gasteiger partial charge on any atom is -0.496 e. The number of anilines is 1. The summed E-state index contributed by atoms with van der Waals surface area (Å²) in [6, 6.07) is 11.6. The number of hydrogen-bond acceptors (Lipinski definition) is 4. The lowest BCUT2D eigenvalue weighted by Gasteiger charge is -2.36. The Hall–Kier alpha value is -2.69. The molecule has 0 unspecified atom stereocenters. The number of nitrogens with one attached hydrogen (secondary N) is 1. The van der Waals surface area contributed by atoms with Crippen molar-refractivity contribution in [2.75, 3.05) is 19.5 Å². The molecule has 0 fully saturated rings. The van der Waals surface area contributed by atoms with Crippen molar-refractivity contribution in [1.29, 1.82) is 0 Å². The fourth-order valence-corrected chi connectivity index (χ4v) is 3.48. The first-order valence-electron chi connectivity index (χ1n) is 8.08. The summed E-state index contributed by atoms with van der Waals surface area (Å²) < 4.78 is 11.5. The van der Waals surface area contributed by atoms with Gasteiger partial charge in [-0.25, -0.2) is 0 Å². The zero-order valence-corrected chi connectivity index (χ0v) is 14.0. The maximum absolute atomic E-state index is 12.7. The van der Waals surface area contributed by atoms with Crippen molar-refractivity contribution in [3.63, 3.8) is 0 Å². The van der Waals surface area contributed by atoms with E-state index in [-0.39, 0.29) is 18.2 Å². The van der Waals surface area contributed by atoms with Gasteiger partial charge in [0.25, 0.3) is 5.91 Å². The quantitative estimate of drug-likeness (QED) is 0.921. The molecule has 24 heavy (non-hydrogen) atoms. The van der Waals surface area contributed by atoms with Gasteiger partial charge in [-0.05, 0) is 31.2 Å². The predicted octanol–water partition coefficient (Wildman–Crippen LogP) is 3.21. The van der Waals surface area contributed by atoms with Crippen LogP contribution in [-0.2, 0) is 6.42 Å². The second kappa shape index (κ2) is 5.44. The summed E-state index contributed by atoms with van der Waals surface area (Å²) in [7, 11) is 3.45. The summed E-state index contributed by atoms with van der Waals surface area (Å²) in [5.41, 5.74) is 3.56. The van der Waals surface area contributed by atoms with Crippen molar-refractivity contribution in [3.8, 4) is 11.5 Å². The number of amides is 1. The molecule has 5 nitrogen and oxygen atoms in total. The lowest BCUT2D eigenvalue weighted by atomic mass is 10.0. The Labute approximate surface area is 141 Å². The maximum Gasteiger partial charge on any atom is 0.257 e. The minimum atomic E-state index is -0.299. The Kier molecular flexibility index (Phi) is 3.37. The minimum absolute atomic E-state index is 0.00816. The Morgan fingerprint density at radius 1 is 1.29 bits per heavy atom. The van der Waals surface area contributed by atoms with Crippen LogP contribution >= 0.6 is 0 Å². The zero-order chi connectivity index (χ0) is 16.8. The van der Waals surface area contributed by atoms with E-state index in [1.54, 1.807) is 19.1 Å². The fourth-order valence-electron chi connectivity index (χ4n) is 3.48. The number of benzene rings is 2. The van der Waals surface area contributed by atoms with Crippen LogP contribution in [-0.4, -0.2) is 31.1 Å². The molecule has 4 rings (SSSR count). The number of hydrogen-bond donors (Lipinski definition) is 1. The summed E-state index contributed by atoms with van der Waals surface area (Å²) in [6.45, 7) is 2.05. The van der Waals surface area contributed by atoms with Crippen molar-refractivity contribution < 1.29 is 14.3 Å². The average Bonchev–Trinajstić information content (AvgIpc) is 2.96. The first-order valence-corrected chi connectivity index (χ1v) is 8.08. The Bertz CT molecular complexity index is 818. The number of methoxy groups -OCH3 is 1. The van der Waals surface area contributed by atoms with Crippen molar-refractivity contribution >= 4 is 11.6 Å². The molecule has 1 N–H and O–H groups in total. The summed E-state index contributed by atoms with van der Waals surface area (Å²) in [6.07, 6.45) is 0.744. The molecule has 2 aliphatic rings. The summed E-state index contributed by atoms with van der Waals surface area (Å²) >= 11 is 0. The highest BCUT2D eigenvalue weighted by atomic mass is 16.5. The number of para-hydroxylation sites is 1. The first kappa shape index (κ1) is 14.9. The van der Waals surface area contributed by atoms with Crippen LogP contribution in [0.15, 0.2) is 36.4 Å². The van der Waals surface area contributed by atoms with Gasteiger partial charge in [0.15, 0.2) is 0 Å². The summed E-state index contributed by atoms with van der Waals surface area (Å²) in [5, 5.41) is 3.44. The maximum atomic E-state index is 12.7. The molecule has 2 heterocycles. The number of rotatable bonds is 2. The van der Waals surface area contributed by atoms with Gasteiger partial charge in [0.1, 0.15) is 23.8 Å². The number of carbonyl (C=O) groups is 1. The highest BCUT2D eigenvalue weighted by molar-refractivity contribution is 6.01. The second-order valence-corrected chi connectivity index (χ2v) is 6.34. The van der Waals surface area contributed by atoms with E-state index >= 15 is 0 Å². The molecule has 2 aromatic carbocycles. The van der Waals surface area contributed by atoms with E-state index in [2.05, 4.69) is 12.2 Å². The molecular formula is C19H20N2O3. The fraction of sp³-hybridized carbons (Fsp3) is 0.316. The molecule has 124 valence electrons. The van der Waals surface area contributed by atoms with Crippen molar-refractivity contribution in [2.45, 2.75) is 25.6 Å². The smallest absolute Gasteiger partial charge is 0.257 e. The van der Waals surface area contributed by atoms with E-state index in [0.29, 0.717) is 5.56 Å². The van der Waals surface area contributed by atoms with E-state index in [1.165, 1.54) is 0 Å². The third-order valence-corrected chi connectivity index (χ3v) is 4.70. The number of nitrogens with zero attached hydrogens (tertiary/aromatic N) is 1. The molecule has 0 saturated carbocycles. The molecule has 0 radical (unpaired) electrons. The van der Waals surface area contributed by atoms with Crippen LogP contribution in [0, 0.1) is 0 Å². The zero-order valence-electron chi connectivity index (χ0n) is 14.0. The molecule has 0 bridgehead atoms. The van der Waals surface area contributed by atoms with Gasteiger partial charge in [0.2, 0.25) is 0 Å². The summed E-state index contributed by atoms with van der Waals surface area (Å²) in [4.78, 5) is 14.4. The van der Waals surface area contributed by atoms with E-state index in [0.717, 1.165) is 34.7 Å². The van der Waals surface area contributed by atoms with E-state index in [4.69, 9.17) is 9.47 Å². The van der Waals surface area contributed by atoms with Gasteiger partial charge in [-0.3, -0.25) is 4.79 Å². The van der Waals surface area contributed by atoms with E-state index < -0.39 is 0 Å². The molecule has 2 aromatic rings. The monoisotopic (exact) mass is 324 g/mol. The topological polar surface area (TPSA) is 50.8 Å². The van der Waals surface area contributed by atoms with Crippen molar-refractivity contribution in [1.82, 2.24) is 4.90 Å². The molecule has 0 aliphatic carbocycles. The van der Waals surface area contributed by atoms with Gasteiger partial charge in [-0.2, -0.15) is 0 Å². The third kappa shape index (κ3) is 2.19. The van der Waals surface area contributed by atoms with Crippen LogP contribution in [0.2, 0.25) is 0 Å². The largest absolute Gasteiger partial charge is 0.496 e. The second-order valence-electron chi connectivity index (χ2n) is 6.34. The van der Waals surface area contributed by atoms with Crippen molar-refractivity contribution in [2.24, 2.45) is 0 Å². The number of ether oxygens (including phenoxy) is 2. The Morgan fingerprint density at radius 3 is 2.88 bits per heavy atom. The average molecular weight is 324 g/mol. The number of fused-ring (bicyclic) bond motifs is 2. The van der Waals surface area contributed by atoms with Gasteiger partial charge in [0, 0.05) is 30.3 Å². The molecule has 1 amide bonds. The summed E-state index contributed by atoms with van der Waals surface area (Å²) in [5.74, 6) is 1.63. The van der Waals surface area contributed by atoms with Crippen molar-refractivity contribution in [3.05, 3.63) is 53.1 Å². The molecular weight excluding hydrogens is 304 g/mol. The van der Waals surface area contributed by atoms with Crippen LogP contribution in [0.1, 0.15) is 34.6 Å². The Morgan fingerprint density at radius 2 is 2.08 bits per heavy atom. The predicted molar refractivity (Wildman–Crippen MR) is 91.7 cm³/mol. The molecule has 0 saturated heterocycles. The van der Waals surface area contributed by atoms with Crippen LogP contribution in [0.4, 0.5) is 5.69 Å². The lowest BCUT2D eigenvalue weighted by molar-refractivity contribution is 0.0733. The molecule has 2 aliphatic heterocycles.